The molecule has 1 rings (SSSR count). The van der Waals surface area contributed by atoms with Crippen molar-refractivity contribution < 1.29 is 0 Å². The Kier molecular flexibility index (Phi) is 7.57. The highest BCUT2D eigenvalue weighted by molar-refractivity contribution is 8.04. The Hall–Kier alpha value is 0.170. The van der Waals surface area contributed by atoms with Crippen LogP contribution in [-0.4, -0.2) is 34.5 Å². The van der Waals surface area contributed by atoms with Gasteiger partial charge in [-0.05, 0) is 11.8 Å². The van der Waals surface area contributed by atoms with E-state index in [2.05, 4.69) is 23.7 Å². The molecule has 0 unspecified atom stereocenters. The van der Waals surface area contributed by atoms with Crippen molar-refractivity contribution in [3.63, 3.8) is 0 Å². The minimum atomic E-state index is 0.933. The van der Waals surface area contributed by atoms with Crippen LogP contribution in [0.3, 0.4) is 0 Å². The van der Waals surface area contributed by atoms with Crippen LogP contribution in [0, 0.1) is 23.7 Å². The molecular formula is C10H12S3. The van der Waals surface area contributed by atoms with Crippen LogP contribution in [0.15, 0.2) is 0 Å². The highest BCUT2D eigenvalue weighted by Gasteiger charge is 1.91. The average molecular weight is 228 g/mol. The number of hydrogen-bond acceptors (Lipinski definition) is 3. The Morgan fingerprint density at radius 3 is 1.62 bits per heavy atom. The van der Waals surface area contributed by atoms with Crippen LogP contribution >= 0.6 is 35.3 Å². The minimum Gasteiger partial charge on any atom is -0.160 e. The second-order valence-electron chi connectivity index (χ2n) is 2.32. The van der Waals surface area contributed by atoms with E-state index in [1.54, 1.807) is 0 Å². The summed E-state index contributed by atoms with van der Waals surface area (Å²) in [6, 6.07) is 0. The summed E-state index contributed by atoms with van der Waals surface area (Å²) in [5.74, 6) is 18.7. The highest BCUT2D eigenvalue weighted by atomic mass is 32.2. The highest BCUT2D eigenvalue weighted by Crippen LogP contribution is 2.09. The van der Waals surface area contributed by atoms with Gasteiger partial charge < -0.3 is 0 Å². The fourth-order valence-electron chi connectivity index (χ4n) is 0.745. The van der Waals surface area contributed by atoms with Crippen LogP contribution in [-0.2, 0) is 0 Å². The van der Waals surface area contributed by atoms with Crippen molar-refractivity contribution in [3.05, 3.63) is 0 Å². The fourth-order valence-corrected chi connectivity index (χ4v) is 3.47. The molecule has 70 valence electrons. The molecule has 0 saturated carbocycles. The molecule has 0 aromatic carbocycles. The van der Waals surface area contributed by atoms with Crippen LogP contribution in [0.4, 0.5) is 0 Å². The van der Waals surface area contributed by atoms with Crippen molar-refractivity contribution in [1.29, 1.82) is 0 Å². The van der Waals surface area contributed by atoms with E-state index in [-0.39, 0.29) is 0 Å². The van der Waals surface area contributed by atoms with Crippen molar-refractivity contribution in [2.75, 3.05) is 34.5 Å². The monoisotopic (exact) mass is 228 g/mol. The van der Waals surface area contributed by atoms with Gasteiger partial charge in [0, 0.05) is 23.0 Å². The molecule has 0 radical (unpaired) electrons. The molecule has 1 aliphatic heterocycles. The lowest BCUT2D eigenvalue weighted by molar-refractivity contribution is 1.49. The SMILES string of the molecule is C1#CCSCCSCCSCC#C1. The Morgan fingerprint density at radius 1 is 0.615 bits per heavy atom. The standard InChI is InChI=1S/C10H12S3/c1-2-4-6-12-8-10-13-9-7-11-5-3-1/h5-10H2. The smallest absolute Gasteiger partial charge is 0.0557 e. The van der Waals surface area contributed by atoms with E-state index in [9.17, 15) is 0 Å². The lowest BCUT2D eigenvalue weighted by atomic mass is 10.6. The van der Waals surface area contributed by atoms with E-state index >= 15 is 0 Å². The summed E-state index contributed by atoms with van der Waals surface area (Å²) in [5.41, 5.74) is 0. The molecule has 13 heavy (non-hydrogen) atoms. The maximum atomic E-state index is 3.04. The zero-order valence-electron chi connectivity index (χ0n) is 7.47. The van der Waals surface area contributed by atoms with E-state index in [0.29, 0.717) is 0 Å². The predicted molar refractivity (Wildman–Crippen MR) is 67.5 cm³/mol. The average Bonchev–Trinajstić information content (AvgIpc) is 2.18. The molecule has 0 nitrogen and oxygen atoms in total. The molecule has 0 spiro atoms. The van der Waals surface area contributed by atoms with Crippen molar-refractivity contribution >= 4 is 35.3 Å². The molecule has 0 atom stereocenters. The molecule has 0 aromatic rings. The van der Waals surface area contributed by atoms with Crippen LogP contribution in [0.1, 0.15) is 0 Å². The quantitative estimate of drug-likeness (QED) is 0.584. The molecule has 0 aromatic heterocycles. The molecule has 0 saturated heterocycles. The van der Waals surface area contributed by atoms with Crippen LogP contribution in [0.5, 0.6) is 0 Å². The number of hydrogen-bond donors (Lipinski definition) is 0. The zero-order chi connectivity index (χ0) is 9.19. The minimum absolute atomic E-state index is 0.933. The first kappa shape index (κ1) is 11.2. The fraction of sp³-hybridized carbons (Fsp3) is 0.600. The lowest BCUT2D eigenvalue weighted by Gasteiger charge is -1.98. The van der Waals surface area contributed by atoms with Gasteiger partial charge in [-0.25, -0.2) is 0 Å². The summed E-state index contributed by atoms with van der Waals surface area (Å²) >= 11 is 5.85. The number of thioether (sulfide) groups is 3. The molecule has 0 N–H and O–H groups in total. The van der Waals surface area contributed by atoms with Gasteiger partial charge in [-0.1, -0.05) is 11.8 Å². The zero-order valence-corrected chi connectivity index (χ0v) is 9.92. The van der Waals surface area contributed by atoms with E-state index in [1.807, 2.05) is 35.3 Å². The van der Waals surface area contributed by atoms with Crippen molar-refractivity contribution in [1.82, 2.24) is 0 Å². The maximum Gasteiger partial charge on any atom is 0.0557 e. The summed E-state index contributed by atoms with van der Waals surface area (Å²) in [5, 5.41) is 0. The number of rotatable bonds is 0. The molecular weight excluding hydrogens is 216 g/mol. The third-order valence-electron chi connectivity index (χ3n) is 1.33. The Labute approximate surface area is 93.4 Å². The first-order valence-electron chi connectivity index (χ1n) is 4.19. The molecule has 0 bridgehead atoms. The van der Waals surface area contributed by atoms with Gasteiger partial charge in [-0.2, -0.15) is 11.8 Å². The lowest BCUT2D eigenvalue weighted by Crippen LogP contribution is -1.90. The first-order chi connectivity index (χ1) is 6.50. The summed E-state index contributed by atoms with van der Waals surface area (Å²) in [7, 11) is 0. The van der Waals surface area contributed by atoms with Gasteiger partial charge in [-0.15, -0.1) is 23.5 Å². The molecule has 1 heterocycles. The predicted octanol–water partition coefficient (Wildman–Crippen LogP) is 2.21. The molecule has 0 amide bonds. The maximum absolute atomic E-state index is 3.04. The molecule has 3 heteroatoms. The van der Waals surface area contributed by atoms with Crippen LogP contribution < -0.4 is 0 Å². The van der Waals surface area contributed by atoms with Crippen LogP contribution in [0.2, 0.25) is 0 Å². The Bertz CT molecular complexity index is 212. The summed E-state index contributed by atoms with van der Waals surface area (Å²) in [4.78, 5) is 0. The third-order valence-corrected chi connectivity index (χ3v) is 4.52. The van der Waals surface area contributed by atoms with Crippen molar-refractivity contribution in [2.45, 2.75) is 0 Å². The summed E-state index contributed by atoms with van der Waals surface area (Å²) in [6.07, 6.45) is 0. The molecule has 1 aliphatic rings. The topological polar surface area (TPSA) is 0 Å². The summed E-state index contributed by atoms with van der Waals surface area (Å²) in [6.45, 7) is 0. The van der Waals surface area contributed by atoms with Crippen molar-refractivity contribution in [2.24, 2.45) is 0 Å². The Morgan fingerprint density at radius 2 is 1.08 bits per heavy atom. The van der Waals surface area contributed by atoms with Crippen molar-refractivity contribution in [3.8, 4) is 23.7 Å². The van der Waals surface area contributed by atoms with E-state index in [4.69, 9.17) is 0 Å². The van der Waals surface area contributed by atoms with E-state index in [0.717, 1.165) is 11.5 Å². The third kappa shape index (κ3) is 7.26. The van der Waals surface area contributed by atoms with Crippen LogP contribution in [0.25, 0.3) is 0 Å². The second-order valence-corrected chi connectivity index (χ2v) is 5.76. The van der Waals surface area contributed by atoms with E-state index < -0.39 is 0 Å². The Balaban J connectivity index is 2.26. The van der Waals surface area contributed by atoms with Gasteiger partial charge in [0.05, 0.1) is 11.5 Å². The normalized spacial score (nSPS) is 19.1. The van der Waals surface area contributed by atoms with E-state index in [1.165, 1.54) is 23.0 Å². The van der Waals surface area contributed by atoms with Gasteiger partial charge in [0.2, 0.25) is 0 Å². The van der Waals surface area contributed by atoms with Gasteiger partial charge in [0.25, 0.3) is 0 Å². The second kappa shape index (κ2) is 8.75. The largest absolute Gasteiger partial charge is 0.160 e. The van der Waals surface area contributed by atoms with Gasteiger partial charge in [0.1, 0.15) is 0 Å². The first-order valence-corrected chi connectivity index (χ1v) is 7.65. The van der Waals surface area contributed by atoms with Gasteiger partial charge in [0.15, 0.2) is 0 Å². The molecule has 0 aliphatic carbocycles. The molecule has 0 fully saturated rings. The van der Waals surface area contributed by atoms with Gasteiger partial charge in [-0.3, -0.25) is 0 Å². The summed E-state index contributed by atoms with van der Waals surface area (Å²) < 4.78 is 0. The van der Waals surface area contributed by atoms with Gasteiger partial charge >= 0.3 is 0 Å².